The molecule has 1 aromatic rings. The van der Waals surface area contributed by atoms with Crippen LogP contribution in [0.1, 0.15) is 37.7 Å². The molecule has 1 aromatic carbocycles. The van der Waals surface area contributed by atoms with Crippen molar-refractivity contribution in [3.05, 3.63) is 35.6 Å². The molecule has 0 bridgehead atoms. The second kappa shape index (κ2) is 5.44. The number of halogens is 1. The van der Waals surface area contributed by atoms with Gasteiger partial charge in [0.1, 0.15) is 5.82 Å². The first-order chi connectivity index (χ1) is 7.81. The Bertz CT molecular complexity index is 335. The molecule has 0 amide bonds. The van der Waals surface area contributed by atoms with Gasteiger partial charge in [-0.05, 0) is 55.5 Å². The molecule has 0 spiro atoms. The Labute approximate surface area is 97.1 Å². The quantitative estimate of drug-likeness (QED) is 0.825. The van der Waals surface area contributed by atoms with Crippen LogP contribution in [-0.2, 0) is 0 Å². The Morgan fingerprint density at radius 1 is 1.44 bits per heavy atom. The Morgan fingerprint density at radius 2 is 2.31 bits per heavy atom. The summed E-state index contributed by atoms with van der Waals surface area (Å²) in [7, 11) is 0. The minimum Gasteiger partial charge on any atom is -0.316 e. The highest BCUT2D eigenvalue weighted by Crippen LogP contribution is 2.33. The van der Waals surface area contributed by atoms with Gasteiger partial charge >= 0.3 is 0 Å². The fraction of sp³-hybridized carbons (Fsp3) is 0.571. The van der Waals surface area contributed by atoms with Crippen LogP contribution in [0.25, 0.3) is 0 Å². The van der Waals surface area contributed by atoms with E-state index in [2.05, 4.69) is 18.3 Å². The molecule has 1 nitrogen and oxygen atoms in total. The van der Waals surface area contributed by atoms with E-state index in [0.717, 1.165) is 19.5 Å². The third kappa shape index (κ3) is 2.62. The molecule has 2 heteroatoms. The molecule has 16 heavy (non-hydrogen) atoms. The Hall–Kier alpha value is -0.890. The molecule has 0 aromatic heterocycles. The lowest BCUT2D eigenvalue weighted by molar-refractivity contribution is 0.306. The molecule has 2 rings (SSSR count). The first-order valence-corrected chi connectivity index (χ1v) is 6.27. The average molecular weight is 221 g/mol. The predicted molar refractivity (Wildman–Crippen MR) is 65.0 cm³/mol. The molecule has 2 unspecified atom stereocenters. The molecule has 1 aliphatic rings. The fourth-order valence-electron chi connectivity index (χ4n) is 2.77. The number of nitrogens with one attached hydrogen (secondary N) is 1. The van der Waals surface area contributed by atoms with Crippen LogP contribution < -0.4 is 5.32 Å². The van der Waals surface area contributed by atoms with Crippen molar-refractivity contribution in [3.8, 4) is 0 Å². The second-order valence-corrected chi connectivity index (χ2v) is 4.70. The Morgan fingerprint density at radius 3 is 3.06 bits per heavy atom. The van der Waals surface area contributed by atoms with Gasteiger partial charge in [0.15, 0.2) is 0 Å². The summed E-state index contributed by atoms with van der Waals surface area (Å²) in [5.41, 5.74) is 1.18. The SMILES string of the molecule is CCCC1CNCCC1c1cccc(F)c1. The molecule has 1 heterocycles. The van der Waals surface area contributed by atoms with E-state index in [1.165, 1.54) is 24.5 Å². The molecule has 0 radical (unpaired) electrons. The molecule has 0 saturated carbocycles. The van der Waals surface area contributed by atoms with Crippen molar-refractivity contribution >= 4 is 0 Å². The zero-order valence-electron chi connectivity index (χ0n) is 9.88. The summed E-state index contributed by atoms with van der Waals surface area (Å²) < 4.78 is 13.2. The van der Waals surface area contributed by atoms with Crippen molar-refractivity contribution in [3.63, 3.8) is 0 Å². The molecular formula is C14H20FN. The summed E-state index contributed by atoms with van der Waals surface area (Å²) in [5.74, 6) is 1.10. The summed E-state index contributed by atoms with van der Waals surface area (Å²) in [6, 6.07) is 7.13. The van der Waals surface area contributed by atoms with Crippen molar-refractivity contribution in [1.82, 2.24) is 5.32 Å². The van der Waals surface area contributed by atoms with Crippen LogP contribution in [0.2, 0.25) is 0 Å². The summed E-state index contributed by atoms with van der Waals surface area (Å²) in [4.78, 5) is 0. The van der Waals surface area contributed by atoms with Gasteiger partial charge in [-0.1, -0.05) is 25.5 Å². The van der Waals surface area contributed by atoms with Crippen LogP contribution in [0.3, 0.4) is 0 Å². The molecule has 0 aliphatic carbocycles. The number of rotatable bonds is 3. The van der Waals surface area contributed by atoms with Gasteiger partial charge in [-0.3, -0.25) is 0 Å². The molecule has 2 atom stereocenters. The van der Waals surface area contributed by atoms with E-state index in [4.69, 9.17) is 0 Å². The molecule has 88 valence electrons. The van der Waals surface area contributed by atoms with Crippen molar-refractivity contribution in [1.29, 1.82) is 0 Å². The minimum absolute atomic E-state index is 0.105. The molecule has 1 saturated heterocycles. The highest BCUT2D eigenvalue weighted by atomic mass is 19.1. The lowest BCUT2D eigenvalue weighted by Gasteiger charge is -2.32. The van der Waals surface area contributed by atoms with E-state index < -0.39 is 0 Å². The summed E-state index contributed by atoms with van der Waals surface area (Å²) in [6.07, 6.45) is 3.57. The number of benzene rings is 1. The monoisotopic (exact) mass is 221 g/mol. The summed E-state index contributed by atoms with van der Waals surface area (Å²) in [5, 5.41) is 3.44. The number of piperidine rings is 1. The van der Waals surface area contributed by atoms with Gasteiger partial charge < -0.3 is 5.32 Å². The fourth-order valence-corrected chi connectivity index (χ4v) is 2.77. The Balaban J connectivity index is 2.16. The maximum absolute atomic E-state index is 13.2. The third-order valence-electron chi connectivity index (χ3n) is 3.54. The van der Waals surface area contributed by atoms with Crippen LogP contribution in [0.4, 0.5) is 4.39 Å². The largest absolute Gasteiger partial charge is 0.316 e. The maximum atomic E-state index is 13.2. The maximum Gasteiger partial charge on any atom is 0.123 e. The first kappa shape index (κ1) is 11.6. The van der Waals surface area contributed by atoms with Crippen LogP contribution >= 0.6 is 0 Å². The van der Waals surface area contributed by atoms with E-state index in [1.807, 2.05) is 6.07 Å². The van der Waals surface area contributed by atoms with Gasteiger partial charge in [0.25, 0.3) is 0 Å². The van der Waals surface area contributed by atoms with E-state index >= 15 is 0 Å². The minimum atomic E-state index is -0.105. The molecule has 1 fully saturated rings. The van der Waals surface area contributed by atoms with Crippen molar-refractivity contribution in [2.75, 3.05) is 13.1 Å². The smallest absolute Gasteiger partial charge is 0.123 e. The molecular weight excluding hydrogens is 201 g/mol. The van der Waals surface area contributed by atoms with Gasteiger partial charge in [0, 0.05) is 0 Å². The normalized spacial score (nSPS) is 25.6. The Kier molecular flexibility index (Phi) is 3.94. The van der Waals surface area contributed by atoms with Crippen molar-refractivity contribution < 1.29 is 4.39 Å². The van der Waals surface area contributed by atoms with Crippen LogP contribution in [-0.4, -0.2) is 13.1 Å². The standard InChI is InChI=1S/C14H20FN/c1-2-4-12-10-16-8-7-14(12)11-5-3-6-13(15)9-11/h3,5-6,9,12,14,16H,2,4,7-8,10H2,1H3. The average Bonchev–Trinajstić information content (AvgIpc) is 2.30. The summed E-state index contributed by atoms with van der Waals surface area (Å²) in [6.45, 7) is 4.35. The summed E-state index contributed by atoms with van der Waals surface area (Å²) >= 11 is 0. The van der Waals surface area contributed by atoms with Gasteiger partial charge in [-0.15, -0.1) is 0 Å². The second-order valence-electron chi connectivity index (χ2n) is 4.70. The van der Waals surface area contributed by atoms with Crippen LogP contribution in [0.5, 0.6) is 0 Å². The van der Waals surface area contributed by atoms with Crippen molar-refractivity contribution in [2.45, 2.75) is 32.1 Å². The lowest BCUT2D eigenvalue weighted by atomic mass is 9.79. The highest BCUT2D eigenvalue weighted by molar-refractivity contribution is 5.22. The zero-order chi connectivity index (χ0) is 11.4. The predicted octanol–water partition coefficient (Wildman–Crippen LogP) is 3.32. The zero-order valence-corrected chi connectivity index (χ0v) is 9.88. The molecule has 1 N–H and O–H groups in total. The third-order valence-corrected chi connectivity index (χ3v) is 3.54. The molecule has 1 aliphatic heterocycles. The van der Waals surface area contributed by atoms with E-state index in [-0.39, 0.29) is 5.82 Å². The van der Waals surface area contributed by atoms with E-state index in [9.17, 15) is 4.39 Å². The number of hydrogen-bond donors (Lipinski definition) is 1. The van der Waals surface area contributed by atoms with Gasteiger partial charge in [-0.25, -0.2) is 4.39 Å². The lowest BCUT2D eigenvalue weighted by Crippen LogP contribution is -2.35. The van der Waals surface area contributed by atoms with E-state index in [0.29, 0.717) is 11.8 Å². The number of hydrogen-bond acceptors (Lipinski definition) is 1. The van der Waals surface area contributed by atoms with E-state index in [1.54, 1.807) is 6.07 Å². The van der Waals surface area contributed by atoms with Gasteiger partial charge in [0.05, 0.1) is 0 Å². The first-order valence-electron chi connectivity index (χ1n) is 6.27. The van der Waals surface area contributed by atoms with Crippen LogP contribution in [0, 0.1) is 11.7 Å². The van der Waals surface area contributed by atoms with Crippen LogP contribution in [0.15, 0.2) is 24.3 Å². The van der Waals surface area contributed by atoms with Gasteiger partial charge in [-0.2, -0.15) is 0 Å². The van der Waals surface area contributed by atoms with Crippen molar-refractivity contribution in [2.24, 2.45) is 5.92 Å². The van der Waals surface area contributed by atoms with Gasteiger partial charge in [0.2, 0.25) is 0 Å². The highest BCUT2D eigenvalue weighted by Gasteiger charge is 2.25. The topological polar surface area (TPSA) is 12.0 Å².